The summed E-state index contributed by atoms with van der Waals surface area (Å²) in [5, 5.41) is 9.28. The normalized spacial score (nSPS) is 31.7. The van der Waals surface area contributed by atoms with Gasteiger partial charge in [0, 0.05) is 0 Å². The molecule has 0 radical (unpaired) electrons. The summed E-state index contributed by atoms with van der Waals surface area (Å²) in [4.78, 5) is 11.3. The third-order valence-electron chi connectivity index (χ3n) is 3.40. The topological polar surface area (TPSA) is 37.3 Å². The van der Waals surface area contributed by atoms with Crippen LogP contribution in [0, 0.1) is 11.3 Å². The maximum absolute atomic E-state index is 11.3. The van der Waals surface area contributed by atoms with Crippen LogP contribution in [0.1, 0.15) is 46.0 Å². The van der Waals surface area contributed by atoms with Gasteiger partial charge in [0.2, 0.25) is 0 Å². The van der Waals surface area contributed by atoms with Crippen LogP contribution in [0.2, 0.25) is 0 Å². The molecule has 0 heterocycles. The van der Waals surface area contributed by atoms with Crippen LogP contribution in [0.15, 0.2) is 12.2 Å². The van der Waals surface area contributed by atoms with Crippen LogP contribution in [0.3, 0.4) is 0 Å². The fraction of sp³-hybridized carbons (Fsp3) is 0.750. The Morgan fingerprint density at radius 3 is 2.64 bits per heavy atom. The molecule has 2 unspecified atom stereocenters. The Morgan fingerprint density at radius 2 is 2.29 bits per heavy atom. The second kappa shape index (κ2) is 4.16. The molecule has 0 amide bonds. The highest BCUT2D eigenvalue weighted by Crippen LogP contribution is 2.46. The molecule has 1 aliphatic rings. The van der Waals surface area contributed by atoms with E-state index in [4.69, 9.17) is 0 Å². The van der Waals surface area contributed by atoms with Crippen LogP contribution in [0.5, 0.6) is 0 Å². The maximum atomic E-state index is 11.3. The smallest absolute Gasteiger partial charge is 0.309 e. The molecule has 0 aliphatic heterocycles. The molecular weight excluding hydrogens is 176 g/mol. The van der Waals surface area contributed by atoms with Crippen LogP contribution >= 0.6 is 0 Å². The summed E-state index contributed by atoms with van der Waals surface area (Å²) in [5.74, 6) is -0.0767. The lowest BCUT2D eigenvalue weighted by atomic mass is 9.79. The standard InChI is InChI=1S/C12H20O2/c1-4-9(2)7-12(11(13)14)6-5-10(3)8-12/h10H,2,4-8H2,1,3H3,(H,13,14). The lowest BCUT2D eigenvalue weighted by molar-refractivity contribution is -0.148. The third kappa shape index (κ3) is 2.17. The van der Waals surface area contributed by atoms with Crippen molar-refractivity contribution in [3.05, 3.63) is 12.2 Å². The van der Waals surface area contributed by atoms with Crippen LogP contribution in [-0.4, -0.2) is 11.1 Å². The second-order valence-corrected chi connectivity index (χ2v) is 4.71. The number of allylic oxidation sites excluding steroid dienone is 1. The number of hydrogen-bond acceptors (Lipinski definition) is 1. The predicted octanol–water partition coefficient (Wildman–Crippen LogP) is 3.23. The molecular formula is C12H20O2. The molecule has 1 saturated carbocycles. The predicted molar refractivity (Wildman–Crippen MR) is 57.1 cm³/mol. The van der Waals surface area contributed by atoms with E-state index in [2.05, 4.69) is 13.5 Å². The average Bonchev–Trinajstić information content (AvgIpc) is 2.48. The van der Waals surface area contributed by atoms with Crippen molar-refractivity contribution in [1.82, 2.24) is 0 Å². The van der Waals surface area contributed by atoms with Gasteiger partial charge in [0.05, 0.1) is 5.41 Å². The van der Waals surface area contributed by atoms with E-state index in [0.29, 0.717) is 12.3 Å². The van der Waals surface area contributed by atoms with Gasteiger partial charge in [-0.15, -0.1) is 0 Å². The summed E-state index contributed by atoms with van der Waals surface area (Å²) in [6.07, 6.45) is 4.25. The van der Waals surface area contributed by atoms with E-state index in [1.165, 1.54) is 0 Å². The number of hydrogen-bond donors (Lipinski definition) is 1. The largest absolute Gasteiger partial charge is 0.481 e. The summed E-state index contributed by atoms with van der Waals surface area (Å²) in [5.41, 5.74) is 0.577. The zero-order valence-electron chi connectivity index (χ0n) is 9.18. The summed E-state index contributed by atoms with van der Waals surface area (Å²) in [6, 6.07) is 0. The molecule has 14 heavy (non-hydrogen) atoms. The quantitative estimate of drug-likeness (QED) is 0.701. The van der Waals surface area contributed by atoms with Crippen molar-refractivity contribution < 1.29 is 9.90 Å². The highest BCUT2D eigenvalue weighted by Gasteiger charge is 2.43. The van der Waals surface area contributed by atoms with E-state index in [0.717, 1.165) is 31.3 Å². The Balaban J connectivity index is 2.73. The Hall–Kier alpha value is -0.790. The first-order valence-electron chi connectivity index (χ1n) is 5.40. The zero-order valence-corrected chi connectivity index (χ0v) is 9.18. The summed E-state index contributed by atoms with van der Waals surface area (Å²) in [6.45, 7) is 8.10. The van der Waals surface area contributed by atoms with Gasteiger partial charge in [-0.1, -0.05) is 26.0 Å². The van der Waals surface area contributed by atoms with E-state index in [-0.39, 0.29) is 0 Å². The third-order valence-corrected chi connectivity index (χ3v) is 3.40. The summed E-state index contributed by atoms with van der Waals surface area (Å²) in [7, 11) is 0. The van der Waals surface area contributed by atoms with Crippen molar-refractivity contribution in [1.29, 1.82) is 0 Å². The molecule has 1 N–H and O–H groups in total. The highest BCUT2D eigenvalue weighted by molar-refractivity contribution is 5.75. The Labute approximate surface area is 86.0 Å². The van der Waals surface area contributed by atoms with Crippen LogP contribution in [0.4, 0.5) is 0 Å². The fourth-order valence-corrected chi connectivity index (χ4v) is 2.43. The van der Waals surface area contributed by atoms with E-state index < -0.39 is 11.4 Å². The first-order chi connectivity index (χ1) is 6.50. The van der Waals surface area contributed by atoms with Gasteiger partial charge in [0.1, 0.15) is 0 Å². The van der Waals surface area contributed by atoms with Crippen molar-refractivity contribution >= 4 is 5.97 Å². The van der Waals surface area contributed by atoms with Crippen molar-refractivity contribution in [3.8, 4) is 0 Å². The van der Waals surface area contributed by atoms with E-state index in [9.17, 15) is 9.90 Å². The molecule has 1 aliphatic carbocycles. The van der Waals surface area contributed by atoms with Gasteiger partial charge in [-0.3, -0.25) is 4.79 Å². The Bertz CT molecular complexity index is 245. The van der Waals surface area contributed by atoms with Crippen molar-refractivity contribution in [2.24, 2.45) is 11.3 Å². The second-order valence-electron chi connectivity index (χ2n) is 4.71. The molecule has 2 atom stereocenters. The number of aliphatic carboxylic acids is 1. The van der Waals surface area contributed by atoms with E-state index in [1.54, 1.807) is 0 Å². The van der Waals surface area contributed by atoms with Crippen LogP contribution in [0.25, 0.3) is 0 Å². The molecule has 2 heteroatoms. The molecule has 80 valence electrons. The lowest BCUT2D eigenvalue weighted by Crippen LogP contribution is -2.28. The molecule has 0 aromatic rings. The maximum Gasteiger partial charge on any atom is 0.309 e. The van der Waals surface area contributed by atoms with E-state index >= 15 is 0 Å². The molecule has 0 bridgehead atoms. The molecule has 0 spiro atoms. The van der Waals surface area contributed by atoms with Gasteiger partial charge >= 0.3 is 5.97 Å². The molecule has 2 nitrogen and oxygen atoms in total. The van der Waals surface area contributed by atoms with Gasteiger partial charge in [-0.25, -0.2) is 0 Å². The first kappa shape index (κ1) is 11.3. The molecule has 0 saturated heterocycles. The fourth-order valence-electron chi connectivity index (χ4n) is 2.43. The first-order valence-corrected chi connectivity index (χ1v) is 5.40. The average molecular weight is 196 g/mol. The minimum Gasteiger partial charge on any atom is -0.481 e. The minimum absolute atomic E-state index is 0.494. The molecule has 0 aromatic heterocycles. The summed E-state index contributed by atoms with van der Waals surface area (Å²) >= 11 is 0. The van der Waals surface area contributed by atoms with Crippen LogP contribution < -0.4 is 0 Å². The monoisotopic (exact) mass is 196 g/mol. The van der Waals surface area contributed by atoms with Crippen molar-refractivity contribution in [2.45, 2.75) is 46.0 Å². The highest BCUT2D eigenvalue weighted by atomic mass is 16.4. The number of carbonyl (C=O) groups is 1. The van der Waals surface area contributed by atoms with E-state index in [1.807, 2.05) is 6.92 Å². The summed E-state index contributed by atoms with van der Waals surface area (Å²) < 4.78 is 0. The Kier molecular flexibility index (Phi) is 3.35. The SMILES string of the molecule is C=C(CC)CC1(C(=O)O)CCC(C)C1. The van der Waals surface area contributed by atoms with Gasteiger partial charge in [0.25, 0.3) is 0 Å². The van der Waals surface area contributed by atoms with Gasteiger partial charge in [0.15, 0.2) is 0 Å². The van der Waals surface area contributed by atoms with Gasteiger partial charge in [-0.2, -0.15) is 0 Å². The minimum atomic E-state index is -0.628. The number of carboxylic acid groups (broad SMARTS) is 1. The van der Waals surface area contributed by atoms with Crippen molar-refractivity contribution in [3.63, 3.8) is 0 Å². The molecule has 1 rings (SSSR count). The number of rotatable bonds is 4. The number of carboxylic acids is 1. The Morgan fingerprint density at radius 1 is 1.64 bits per heavy atom. The lowest BCUT2D eigenvalue weighted by Gasteiger charge is -2.24. The molecule has 0 aromatic carbocycles. The van der Waals surface area contributed by atoms with Crippen molar-refractivity contribution in [2.75, 3.05) is 0 Å². The van der Waals surface area contributed by atoms with Gasteiger partial charge in [-0.05, 0) is 38.0 Å². The zero-order chi connectivity index (χ0) is 10.8. The van der Waals surface area contributed by atoms with Gasteiger partial charge < -0.3 is 5.11 Å². The molecule has 1 fully saturated rings. The van der Waals surface area contributed by atoms with Crippen LogP contribution in [-0.2, 0) is 4.79 Å².